The van der Waals surface area contributed by atoms with E-state index in [0.717, 1.165) is 0 Å². The van der Waals surface area contributed by atoms with E-state index in [2.05, 4.69) is 0 Å². The van der Waals surface area contributed by atoms with Gasteiger partial charge in [-0.05, 0) is 19.1 Å². The van der Waals surface area contributed by atoms with E-state index in [1.165, 1.54) is 0 Å². The number of rotatable bonds is 2. The van der Waals surface area contributed by atoms with Crippen LogP contribution in [0.3, 0.4) is 0 Å². The molecule has 13 heavy (non-hydrogen) atoms. The molecule has 0 radical (unpaired) electrons. The van der Waals surface area contributed by atoms with E-state index in [1.54, 1.807) is 37.3 Å². The number of halogens is 1. The number of allylic oxidation sites excluding steroid dienone is 4. The van der Waals surface area contributed by atoms with Crippen LogP contribution in [0.2, 0.25) is 0 Å². The molecule has 2 nitrogen and oxygen atoms in total. The molecule has 0 saturated heterocycles. The predicted octanol–water partition coefficient (Wildman–Crippen LogP) is 2.41. The molecule has 0 saturated carbocycles. The Morgan fingerprint density at radius 2 is 2.38 bits per heavy atom. The summed E-state index contributed by atoms with van der Waals surface area (Å²) >= 11 is 5.79. The third kappa shape index (κ3) is 3.07. The van der Waals surface area contributed by atoms with Gasteiger partial charge in [0.25, 0.3) is 0 Å². The lowest BCUT2D eigenvalue weighted by Gasteiger charge is -2.05. The molecule has 1 rings (SSSR count). The van der Waals surface area contributed by atoms with E-state index in [4.69, 9.17) is 16.3 Å². The third-order valence-electron chi connectivity index (χ3n) is 1.58. The third-order valence-corrected chi connectivity index (χ3v) is 1.83. The van der Waals surface area contributed by atoms with Crippen LogP contribution in [0.15, 0.2) is 35.4 Å². The second-order valence-corrected chi connectivity index (χ2v) is 3.01. The van der Waals surface area contributed by atoms with E-state index < -0.39 is 0 Å². The maximum atomic E-state index is 11.3. The van der Waals surface area contributed by atoms with E-state index in [9.17, 15) is 4.79 Å². The smallest absolute Gasteiger partial charge is 0.316 e. The Hall–Kier alpha value is -1.02. The minimum absolute atomic E-state index is 0.263. The Kier molecular flexibility index (Phi) is 3.77. The molecule has 1 aliphatic carbocycles. The van der Waals surface area contributed by atoms with Gasteiger partial charge in [0.05, 0.1) is 12.5 Å². The summed E-state index contributed by atoms with van der Waals surface area (Å²) in [7, 11) is 0. The van der Waals surface area contributed by atoms with Crippen molar-refractivity contribution in [2.75, 3.05) is 6.61 Å². The first-order valence-corrected chi connectivity index (χ1v) is 4.50. The van der Waals surface area contributed by atoms with Gasteiger partial charge in [-0.2, -0.15) is 0 Å². The summed E-state index contributed by atoms with van der Waals surface area (Å²) in [6, 6.07) is 0. The van der Waals surface area contributed by atoms with E-state index in [0.29, 0.717) is 11.6 Å². The first-order chi connectivity index (χ1) is 6.24. The number of carbonyl (C=O) groups excluding carboxylic acids is 1. The lowest BCUT2D eigenvalue weighted by atomic mass is 10.1. The molecule has 1 atom stereocenters. The van der Waals surface area contributed by atoms with Crippen molar-refractivity contribution in [2.45, 2.75) is 6.92 Å². The molecular weight excluding hydrogens is 188 g/mol. The molecule has 0 aromatic rings. The molecule has 0 aromatic heterocycles. The monoisotopic (exact) mass is 198 g/mol. The molecule has 0 amide bonds. The lowest BCUT2D eigenvalue weighted by Crippen LogP contribution is -2.13. The highest BCUT2D eigenvalue weighted by Crippen LogP contribution is 2.15. The van der Waals surface area contributed by atoms with Crippen molar-refractivity contribution >= 4 is 17.6 Å². The van der Waals surface area contributed by atoms with Gasteiger partial charge in [0.15, 0.2) is 0 Å². The molecule has 70 valence electrons. The van der Waals surface area contributed by atoms with Crippen LogP contribution in [-0.4, -0.2) is 12.6 Å². The lowest BCUT2D eigenvalue weighted by molar-refractivity contribution is -0.144. The van der Waals surface area contributed by atoms with E-state index in [1.807, 2.05) is 0 Å². The highest BCUT2D eigenvalue weighted by Gasteiger charge is 2.14. The summed E-state index contributed by atoms with van der Waals surface area (Å²) in [6.07, 6.45) is 8.73. The maximum absolute atomic E-state index is 11.3. The van der Waals surface area contributed by atoms with Crippen molar-refractivity contribution in [1.82, 2.24) is 0 Å². The van der Waals surface area contributed by atoms with Crippen molar-refractivity contribution in [3.8, 4) is 0 Å². The van der Waals surface area contributed by atoms with Gasteiger partial charge < -0.3 is 4.74 Å². The van der Waals surface area contributed by atoms with Crippen LogP contribution in [-0.2, 0) is 9.53 Å². The fourth-order valence-electron chi connectivity index (χ4n) is 0.999. The molecule has 0 fully saturated rings. The Morgan fingerprint density at radius 3 is 3.08 bits per heavy atom. The first kappa shape index (κ1) is 10.1. The number of hydrogen-bond donors (Lipinski definition) is 0. The van der Waals surface area contributed by atoms with E-state index >= 15 is 0 Å². The van der Waals surface area contributed by atoms with Crippen molar-refractivity contribution in [2.24, 2.45) is 5.92 Å². The van der Waals surface area contributed by atoms with E-state index in [-0.39, 0.29) is 11.9 Å². The molecule has 0 heterocycles. The molecule has 0 aliphatic heterocycles. The minimum atomic E-state index is -0.359. The summed E-state index contributed by atoms with van der Waals surface area (Å²) in [5.74, 6) is -0.622. The van der Waals surface area contributed by atoms with Gasteiger partial charge in [-0.25, -0.2) is 0 Å². The van der Waals surface area contributed by atoms with Crippen LogP contribution in [0, 0.1) is 5.92 Å². The van der Waals surface area contributed by atoms with Crippen molar-refractivity contribution < 1.29 is 9.53 Å². The summed E-state index contributed by atoms with van der Waals surface area (Å²) in [6.45, 7) is 2.17. The zero-order valence-electron chi connectivity index (χ0n) is 7.37. The van der Waals surface area contributed by atoms with Crippen LogP contribution in [0.4, 0.5) is 0 Å². The molecule has 3 heteroatoms. The van der Waals surface area contributed by atoms with Gasteiger partial charge >= 0.3 is 5.97 Å². The van der Waals surface area contributed by atoms with Gasteiger partial charge in [0.2, 0.25) is 0 Å². The highest BCUT2D eigenvalue weighted by atomic mass is 35.5. The van der Waals surface area contributed by atoms with Crippen molar-refractivity contribution in [1.29, 1.82) is 0 Å². The first-order valence-electron chi connectivity index (χ1n) is 4.13. The second kappa shape index (κ2) is 4.87. The molecular formula is C10H11ClO2. The topological polar surface area (TPSA) is 26.3 Å². The van der Waals surface area contributed by atoms with Crippen LogP contribution >= 0.6 is 11.6 Å². The zero-order valence-corrected chi connectivity index (χ0v) is 8.12. The van der Waals surface area contributed by atoms with Gasteiger partial charge in [-0.1, -0.05) is 29.8 Å². The number of esters is 1. The number of ether oxygens (including phenoxy) is 1. The molecule has 1 unspecified atom stereocenters. The van der Waals surface area contributed by atoms with Crippen molar-refractivity contribution in [3.05, 3.63) is 35.4 Å². The normalized spacial score (nSPS) is 20.8. The van der Waals surface area contributed by atoms with Crippen LogP contribution in [0.25, 0.3) is 0 Å². The quantitative estimate of drug-likeness (QED) is 0.637. The summed E-state index contributed by atoms with van der Waals surface area (Å²) in [5, 5.41) is 0.558. The highest BCUT2D eigenvalue weighted by molar-refractivity contribution is 6.31. The maximum Gasteiger partial charge on any atom is 0.316 e. The Labute approximate surface area is 82.5 Å². The Balaban J connectivity index is 2.70. The minimum Gasteiger partial charge on any atom is -0.465 e. The second-order valence-electron chi connectivity index (χ2n) is 2.57. The van der Waals surface area contributed by atoms with Crippen LogP contribution in [0.5, 0.6) is 0 Å². The number of hydrogen-bond acceptors (Lipinski definition) is 2. The standard InChI is InChI=1S/C10H11ClO2/c1-2-13-10(12)8-5-3-4-6-9(11)7-8/h3-8H,2H2,1H3. The largest absolute Gasteiger partial charge is 0.465 e. The molecule has 0 aromatic carbocycles. The summed E-state index contributed by atoms with van der Waals surface area (Å²) < 4.78 is 4.86. The Bertz CT molecular complexity index is 277. The SMILES string of the molecule is CCOC(=O)C1C=CC=CC(Cl)=C1. The number of carbonyl (C=O) groups is 1. The van der Waals surface area contributed by atoms with Gasteiger partial charge in [-0.15, -0.1) is 0 Å². The van der Waals surface area contributed by atoms with Gasteiger partial charge in [-0.3, -0.25) is 4.79 Å². The fraction of sp³-hybridized carbons (Fsp3) is 0.300. The molecule has 0 spiro atoms. The molecule has 1 aliphatic rings. The fourth-order valence-corrected chi connectivity index (χ4v) is 1.21. The molecule has 0 N–H and O–H groups in total. The summed E-state index contributed by atoms with van der Waals surface area (Å²) in [5.41, 5.74) is 0. The average Bonchev–Trinajstić information content (AvgIpc) is 2.30. The average molecular weight is 199 g/mol. The van der Waals surface area contributed by atoms with Gasteiger partial charge in [0.1, 0.15) is 0 Å². The molecule has 0 bridgehead atoms. The predicted molar refractivity (Wildman–Crippen MR) is 52.3 cm³/mol. The van der Waals surface area contributed by atoms with Gasteiger partial charge in [0, 0.05) is 5.03 Å². The zero-order chi connectivity index (χ0) is 9.68. The van der Waals surface area contributed by atoms with Crippen molar-refractivity contribution in [3.63, 3.8) is 0 Å². The summed E-state index contributed by atoms with van der Waals surface area (Å²) in [4.78, 5) is 11.3. The van der Waals surface area contributed by atoms with Crippen LogP contribution < -0.4 is 0 Å². The van der Waals surface area contributed by atoms with Crippen LogP contribution in [0.1, 0.15) is 6.92 Å². The Morgan fingerprint density at radius 1 is 1.62 bits per heavy atom.